The second-order valence-electron chi connectivity index (χ2n) is 5.14. The minimum absolute atomic E-state index is 0.00524. The molecule has 0 heterocycles. The highest BCUT2D eigenvalue weighted by atomic mass is 32.2. The number of carboxylic acids is 1. The van der Waals surface area contributed by atoms with Gasteiger partial charge in [-0.3, -0.25) is 4.79 Å². The van der Waals surface area contributed by atoms with Crippen LogP contribution in [-0.2, 0) is 15.8 Å². The van der Waals surface area contributed by atoms with Crippen molar-refractivity contribution in [3.63, 3.8) is 0 Å². The van der Waals surface area contributed by atoms with Crippen LogP contribution in [-0.4, -0.2) is 22.7 Å². The van der Waals surface area contributed by atoms with Crippen molar-refractivity contribution in [3.8, 4) is 0 Å². The Kier molecular flexibility index (Phi) is 6.46. The number of thioether (sulfide) groups is 1. The molecule has 2 N–H and O–H groups in total. The highest BCUT2D eigenvalue weighted by Crippen LogP contribution is 2.30. The maximum absolute atomic E-state index is 12.7. The number of alkyl halides is 3. The van der Waals surface area contributed by atoms with Crippen LogP contribution >= 0.6 is 11.8 Å². The molecule has 8 heteroatoms. The predicted octanol–water partition coefficient (Wildman–Crippen LogP) is 4.50. The van der Waals surface area contributed by atoms with Crippen molar-refractivity contribution < 1.29 is 27.9 Å². The quantitative estimate of drug-likeness (QED) is 0.723. The van der Waals surface area contributed by atoms with E-state index < -0.39 is 23.6 Å². The number of carbonyl (C=O) groups is 2. The Labute approximate surface area is 151 Å². The average molecular weight is 381 g/mol. The first-order valence-corrected chi connectivity index (χ1v) is 8.34. The summed E-state index contributed by atoms with van der Waals surface area (Å²) in [6.07, 6.45) is -3.09. The van der Waals surface area contributed by atoms with Gasteiger partial charge in [-0.05, 0) is 29.8 Å². The number of aliphatic carboxylic acids is 1. The second-order valence-corrected chi connectivity index (χ2v) is 6.16. The normalized spacial score (nSPS) is 11.9. The summed E-state index contributed by atoms with van der Waals surface area (Å²) < 4.78 is 38.0. The molecule has 2 aromatic carbocycles. The fourth-order valence-electron chi connectivity index (χ4n) is 1.98. The summed E-state index contributed by atoms with van der Waals surface area (Å²) in [7, 11) is 0. The highest BCUT2D eigenvalue weighted by molar-refractivity contribution is 8.04. The molecule has 4 nitrogen and oxygen atoms in total. The smallest absolute Gasteiger partial charge is 0.416 e. The number of hydrogen-bond acceptors (Lipinski definition) is 3. The largest absolute Gasteiger partial charge is 0.477 e. The van der Waals surface area contributed by atoms with E-state index in [0.29, 0.717) is 5.56 Å². The minimum atomic E-state index is -4.51. The van der Waals surface area contributed by atoms with Crippen LogP contribution in [0.2, 0.25) is 0 Å². The fourth-order valence-corrected chi connectivity index (χ4v) is 2.68. The molecule has 0 aliphatic carbocycles. The summed E-state index contributed by atoms with van der Waals surface area (Å²) in [4.78, 5) is 23.2. The molecule has 0 atom stereocenters. The van der Waals surface area contributed by atoms with Crippen molar-refractivity contribution in [2.75, 3.05) is 11.1 Å². The van der Waals surface area contributed by atoms with Gasteiger partial charge in [0.1, 0.15) is 0 Å². The summed E-state index contributed by atoms with van der Waals surface area (Å²) in [6, 6.07) is 12.9. The molecule has 0 fully saturated rings. The van der Waals surface area contributed by atoms with Crippen LogP contribution in [0.4, 0.5) is 18.9 Å². The summed E-state index contributed by atoms with van der Waals surface area (Å²) in [5, 5.41) is 11.5. The lowest BCUT2D eigenvalue weighted by molar-refractivity contribution is -0.137. The van der Waals surface area contributed by atoms with Gasteiger partial charge in [0.15, 0.2) is 0 Å². The van der Waals surface area contributed by atoms with E-state index in [1.54, 1.807) is 30.3 Å². The molecule has 136 valence electrons. The standard InChI is InChI=1S/C18H14F3NO3S/c19-18(20,21)13-7-4-8-14(10-13)22-16(23)11-26-15(17(24)25)9-12-5-2-1-3-6-12/h1-10H,11H2,(H,22,23)(H,24,25)/b15-9+. The molecule has 0 bridgehead atoms. The van der Waals surface area contributed by atoms with Gasteiger partial charge in [-0.2, -0.15) is 13.2 Å². The van der Waals surface area contributed by atoms with Gasteiger partial charge >= 0.3 is 12.1 Å². The number of amides is 1. The Hall–Kier alpha value is -2.74. The van der Waals surface area contributed by atoms with Gasteiger partial charge in [0.05, 0.1) is 16.2 Å². The van der Waals surface area contributed by atoms with Crippen molar-refractivity contribution in [1.82, 2.24) is 0 Å². The molecular formula is C18H14F3NO3S. The lowest BCUT2D eigenvalue weighted by Crippen LogP contribution is -2.15. The first kappa shape index (κ1) is 19.6. The summed E-state index contributed by atoms with van der Waals surface area (Å²) in [6.45, 7) is 0. The van der Waals surface area contributed by atoms with Crippen LogP contribution in [0, 0.1) is 0 Å². The molecule has 0 spiro atoms. The number of nitrogens with one attached hydrogen (secondary N) is 1. The number of halogens is 3. The molecule has 1 amide bonds. The van der Waals surface area contributed by atoms with Crippen LogP contribution in [0.25, 0.3) is 6.08 Å². The van der Waals surface area contributed by atoms with Crippen LogP contribution in [0.5, 0.6) is 0 Å². The number of rotatable bonds is 6. The predicted molar refractivity (Wildman–Crippen MR) is 94.6 cm³/mol. The Morgan fingerprint density at radius 3 is 2.38 bits per heavy atom. The van der Waals surface area contributed by atoms with E-state index in [4.69, 9.17) is 0 Å². The average Bonchev–Trinajstić information content (AvgIpc) is 2.58. The topological polar surface area (TPSA) is 66.4 Å². The van der Waals surface area contributed by atoms with E-state index in [0.717, 1.165) is 23.9 Å². The van der Waals surface area contributed by atoms with Gasteiger partial charge < -0.3 is 10.4 Å². The minimum Gasteiger partial charge on any atom is -0.477 e. The van der Waals surface area contributed by atoms with Crippen LogP contribution in [0.1, 0.15) is 11.1 Å². The zero-order chi connectivity index (χ0) is 19.2. The molecular weight excluding hydrogens is 367 g/mol. The monoisotopic (exact) mass is 381 g/mol. The number of carbonyl (C=O) groups excluding carboxylic acids is 1. The molecule has 0 aliphatic heterocycles. The van der Waals surface area contributed by atoms with E-state index in [2.05, 4.69) is 5.32 Å². The molecule has 0 saturated heterocycles. The molecule has 0 aliphatic rings. The molecule has 26 heavy (non-hydrogen) atoms. The fraction of sp³-hybridized carbons (Fsp3) is 0.111. The number of hydrogen-bond donors (Lipinski definition) is 2. The molecule has 2 rings (SSSR count). The van der Waals surface area contributed by atoms with Crippen molar-refractivity contribution in [2.24, 2.45) is 0 Å². The second kappa shape index (κ2) is 8.57. The third-order valence-electron chi connectivity index (χ3n) is 3.14. The van der Waals surface area contributed by atoms with Crippen molar-refractivity contribution in [2.45, 2.75) is 6.18 Å². The van der Waals surface area contributed by atoms with Gasteiger partial charge in [-0.1, -0.05) is 36.4 Å². The van der Waals surface area contributed by atoms with E-state index in [1.165, 1.54) is 18.2 Å². The first-order valence-electron chi connectivity index (χ1n) is 7.35. The van der Waals surface area contributed by atoms with Gasteiger partial charge in [0.25, 0.3) is 0 Å². The van der Waals surface area contributed by atoms with E-state index in [-0.39, 0.29) is 16.3 Å². The Morgan fingerprint density at radius 2 is 1.77 bits per heavy atom. The first-order chi connectivity index (χ1) is 12.3. The van der Waals surface area contributed by atoms with Gasteiger partial charge in [-0.25, -0.2) is 4.79 Å². The number of benzene rings is 2. The third kappa shape index (κ3) is 5.96. The lowest BCUT2D eigenvalue weighted by atomic mass is 10.2. The summed E-state index contributed by atoms with van der Waals surface area (Å²) in [5.41, 5.74) is -0.219. The number of anilines is 1. The van der Waals surface area contributed by atoms with Crippen molar-refractivity contribution in [1.29, 1.82) is 0 Å². The third-order valence-corrected chi connectivity index (χ3v) is 4.15. The lowest BCUT2D eigenvalue weighted by Gasteiger charge is -2.10. The maximum atomic E-state index is 12.7. The zero-order valence-corrected chi connectivity index (χ0v) is 14.1. The Morgan fingerprint density at radius 1 is 1.08 bits per heavy atom. The molecule has 0 aromatic heterocycles. The van der Waals surface area contributed by atoms with Crippen molar-refractivity contribution >= 4 is 35.4 Å². The summed E-state index contributed by atoms with van der Waals surface area (Å²) >= 11 is 0.789. The van der Waals surface area contributed by atoms with Gasteiger partial charge in [0.2, 0.25) is 5.91 Å². The van der Waals surface area contributed by atoms with Crippen LogP contribution < -0.4 is 5.32 Å². The zero-order valence-electron chi connectivity index (χ0n) is 13.3. The molecule has 0 radical (unpaired) electrons. The van der Waals surface area contributed by atoms with E-state index >= 15 is 0 Å². The summed E-state index contributed by atoms with van der Waals surface area (Å²) in [5.74, 6) is -2.04. The number of carboxylic acid groups (broad SMARTS) is 1. The van der Waals surface area contributed by atoms with E-state index in [9.17, 15) is 27.9 Å². The SMILES string of the molecule is O=C(CS/C(=C/c1ccccc1)C(=O)O)Nc1cccc(C(F)(F)F)c1. The van der Waals surface area contributed by atoms with Crippen molar-refractivity contribution in [3.05, 3.63) is 70.6 Å². The Bertz CT molecular complexity index is 820. The molecule has 0 unspecified atom stereocenters. The van der Waals surface area contributed by atoms with Crippen LogP contribution in [0.15, 0.2) is 59.5 Å². The van der Waals surface area contributed by atoms with E-state index in [1.807, 2.05) is 0 Å². The highest BCUT2D eigenvalue weighted by Gasteiger charge is 2.30. The molecule has 0 saturated carbocycles. The Balaban J connectivity index is 2.01. The maximum Gasteiger partial charge on any atom is 0.416 e. The van der Waals surface area contributed by atoms with Gasteiger partial charge in [0, 0.05) is 5.69 Å². The molecule has 2 aromatic rings. The van der Waals surface area contributed by atoms with Gasteiger partial charge in [-0.15, -0.1) is 11.8 Å². The van der Waals surface area contributed by atoms with Crippen LogP contribution in [0.3, 0.4) is 0 Å².